The molecule has 156 valence electrons. The fraction of sp³-hybridized carbons (Fsp3) is 0.273. The first kappa shape index (κ1) is 21.0. The Bertz CT molecular complexity index is 1090. The van der Waals surface area contributed by atoms with Gasteiger partial charge in [-0.3, -0.25) is 19.6 Å². The summed E-state index contributed by atoms with van der Waals surface area (Å²) in [6, 6.07) is 11.9. The number of benzene rings is 2. The van der Waals surface area contributed by atoms with E-state index < -0.39 is 4.92 Å². The van der Waals surface area contributed by atoms with Crippen LogP contribution in [0.15, 0.2) is 48.7 Å². The molecule has 3 rings (SSSR count). The van der Waals surface area contributed by atoms with Crippen LogP contribution in [0.3, 0.4) is 0 Å². The van der Waals surface area contributed by atoms with E-state index in [-0.39, 0.29) is 18.2 Å². The summed E-state index contributed by atoms with van der Waals surface area (Å²) in [5, 5.41) is 15.1. The fourth-order valence-electron chi connectivity index (χ4n) is 3.13. The molecule has 1 aromatic heterocycles. The minimum Gasteiger partial charge on any atom is -0.489 e. The van der Waals surface area contributed by atoms with Gasteiger partial charge in [-0.1, -0.05) is 12.1 Å². The summed E-state index contributed by atoms with van der Waals surface area (Å²) in [7, 11) is 3.63. The van der Waals surface area contributed by atoms with Crippen molar-refractivity contribution in [3.05, 3.63) is 86.7 Å². The van der Waals surface area contributed by atoms with Crippen LogP contribution in [0.2, 0.25) is 0 Å². The van der Waals surface area contributed by atoms with E-state index in [9.17, 15) is 14.9 Å². The predicted octanol–water partition coefficient (Wildman–Crippen LogP) is 3.80. The zero-order chi connectivity index (χ0) is 21.8. The van der Waals surface area contributed by atoms with Crippen LogP contribution in [0.25, 0.3) is 0 Å². The van der Waals surface area contributed by atoms with E-state index in [0.717, 1.165) is 16.8 Å². The van der Waals surface area contributed by atoms with Crippen LogP contribution in [0, 0.1) is 24.0 Å². The SMILES string of the molecule is Cc1cc(OCc2cccc(C(=O)N(C)Cc3cnn(C)c3C)c2)ccc1[N+](=O)[O-]. The van der Waals surface area contributed by atoms with E-state index in [1.165, 1.54) is 6.07 Å². The van der Waals surface area contributed by atoms with Gasteiger partial charge in [0.1, 0.15) is 12.4 Å². The summed E-state index contributed by atoms with van der Waals surface area (Å²) in [6.45, 7) is 4.37. The third-order valence-corrected chi connectivity index (χ3v) is 5.04. The van der Waals surface area contributed by atoms with Crippen LogP contribution < -0.4 is 4.74 Å². The summed E-state index contributed by atoms with van der Waals surface area (Å²) in [4.78, 5) is 25.0. The zero-order valence-corrected chi connectivity index (χ0v) is 17.5. The highest BCUT2D eigenvalue weighted by atomic mass is 16.6. The standard InChI is InChI=1S/C22H24N4O4/c1-15-10-20(8-9-21(15)26(28)29)30-14-17-6-5-7-18(11-17)22(27)24(3)13-19-12-23-25(4)16(19)2/h5-12H,13-14H2,1-4H3. The Morgan fingerprint density at radius 2 is 2.00 bits per heavy atom. The van der Waals surface area contributed by atoms with Crippen molar-refractivity contribution in [2.24, 2.45) is 7.05 Å². The quantitative estimate of drug-likeness (QED) is 0.438. The Hall–Kier alpha value is -3.68. The lowest BCUT2D eigenvalue weighted by Crippen LogP contribution is -2.26. The van der Waals surface area contributed by atoms with Crippen LogP contribution in [0.4, 0.5) is 5.69 Å². The number of nitrogens with zero attached hydrogens (tertiary/aromatic N) is 4. The van der Waals surface area contributed by atoms with E-state index in [2.05, 4.69) is 5.10 Å². The third kappa shape index (κ3) is 4.65. The monoisotopic (exact) mass is 408 g/mol. The van der Waals surface area contributed by atoms with Crippen LogP contribution in [0.1, 0.15) is 32.7 Å². The van der Waals surface area contributed by atoms with Crippen LogP contribution >= 0.6 is 0 Å². The normalized spacial score (nSPS) is 10.7. The van der Waals surface area contributed by atoms with Crippen molar-refractivity contribution in [3.8, 4) is 5.75 Å². The van der Waals surface area contributed by atoms with Gasteiger partial charge in [-0.2, -0.15) is 5.10 Å². The van der Waals surface area contributed by atoms with Crippen LogP contribution in [-0.2, 0) is 20.2 Å². The van der Waals surface area contributed by atoms with Gasteiger partial charge >= 0.3 is 0 Å². The van der Waals surface area contributed by atoms with Crippen molar-refractivity contribution in [1.82, 2.24) is 14.7 Å². The molecule has 0 unspecified atom stereocenters. The average molecular weight is 408 g/mol. The highest BCUT2D eigenvalue weighted by molar-refractivity contribution is 5.94. The molecule has 0 N–H and O–H groups in total. The molecule has 0 aliphatic rings. The molecule has 8 heteroatoms. The maximum atomic E-state index is 12.8. The Morgan fingerprint density at radius 3 is 2.63 bits per heavy atom. The van der Waals surface area contributed by atoms with E-state index in [0.29, 0.717) is 23.4 Å². The number of rotatable bonds is 7. The maximum absolute atomic E-state index is 12.8. The Balaban J connectivity index is 1.66. The van der Waals surface area contributed by atoms with Crippen molar-refractivity contribution in [2.75, 3.05) is 7.05 Å². The van der Waals surface area contributed by atoms with Crippen molar-refractivity contribution >= 4 is 11.6 Å². The van der Waals surface area contributed by atoms with Gasteiger partial charge in [-0.25, -0.2) is 0 Å². The van der Waals surface area contributed by atoms with Crippen molar-refractivity contribution < 1.29 is 14.5 Å². The Kier molecular flexibility index (Phi) is 6.15. The summed E-state index contributed by atoms with van der Waals surface area (Å²) < 4.78 is 7.54. The molecular weight excluding hydrogens is 384 g/mol. The number of aromatic nitrogens is 2. The lowest BCUT2D eigenvalue weighted by molar-refractivity contribution is -0.385. The Morgan fingerprint density at radius 1 is 1.23 bits per heavy atom. The molecule has 3 aromatic rings. The minimum absolute atomic E-state index is 0.0573. The number of carbonyl (C=O) groups excluding carboxylic acids is 1. The molecule has 0 radical (unpaired) electrons. The van der Waals surface area contributed by atoms with Crippen molar-refractivity contribution in [1.29, 1.82) is 0 Å². The molecular formula is C22H24N4O4. The largest absolute Gasteiger partial charge is 0.489 e. The minimum atomic E-state index is -0.419. The average Bonchev–Trinajstić information content (AvgIpc) is 3.03. The second kappa shape index (κ2) is 8.77. The number of ether oxygens (including phenoxy) is 1. The lowest BCUT2D eigenvalue weighted by atomic mass is 10.1. The smallest absolute Gasteiger partial charge is 0.272 e. The van der Waals surface area contributed by atoms with Gasteiger partial charge < -0.3 is 9.64 Å². The molecule has 0 saturated heterocycles. The van der Waals surface area contributed by atoms with Gasteiger partial charge in [0, 0.05) is 49.1 Å². The first-order chi connectivity index (χ1) is 14.3. The molecule has 0 spiro atoms. The Labute approximate surface area is 174 Å². The van der Waals surface area contributed by atoms with E-state index in [1.807, 2.05) is 26.1 Å². The van der Waals surface area contributed by atoms with Gasteiger partial charge in [0.05, 0.1) is 11.1 Å². The molecule has 0 aliphatic carbocycles. The van der Waals surface area contributed by atoms with Crippen LogP contribution in [0.5, 0.6) is 5.75 Å². The van der Waals surface area contributed by atoms with E-state index >= 15 is 0 Å². The molecule has 0 atom stereocenters. The van der Waals surface area contributed by atoms with Crippen molar-refractivity contribution in [3.63, 3.8) is 0 Å². The molecule has 0 saturated carbocycles. The highest BCUT2D eigenvalue weighted by Crippen LogP contribution is 2.24. The number of aryl methyl sites for hydroxylation is 2. The second-order valence-corrected chi connectivity index (χ2v) is 7.23. The first-order valence-electron chi connectivity index (χ1n) is 9.46. The number of carbonyl (C=O) groups is 1. The fourth-order valence-corrected chi connectivity index (χ4v) is 3.13. The second-order valence-electron chi connectivity index (χ2n) is 7.23. The molecule has 0 fully saturated rings. The first-order valence-corrected chi connectivity index (χ1v) is 9.46. The van der Waals surface area contributed by atoms with E-state index in [1.54, 1.807) is 54.0 Å². The molecule has 8 nitrogen and oxygen atoms in total. The van der Waals surface area contributed by atoms with Gasteiger partial charge in [0.2, 0.25) is 0 Å². The van der Waals surface area contributed by atoms with Gasteiger partial charge in [0.15, 0.2) is 0 Å². The molecule has 1 heterocycles. The summed E-state index contributed by atoms with van der Waals surface area (Å²) in [5.41, 5.74) is 4.02. The highest BCUT2D eigenvalue weighted by Gasteiger charge is 2.15. The molecule has 0 aliphatic heterocycles. The third-order valence-electron chi connectivity index (χ3n) is 5.04. The summed E-state index contributed by atoms with van der Waals surface area (Å²) in [5.74, 6) is 0.449. The zero-order valence-electron chi connectivity index (χ0n) is 17.5. The van der Waals surface area contributed by atoms with E-state index in [4.69, 9.17) is 4.74 Å². The number of nitro groups is 1. The molecule has 30 heavy (non-hydrogen) atoms. The van der Waals surface area contributed by atoms with Crippen LogP contribution in [-0.4, -0.2) is 32.6 Å². The lowest BCUT2D eigenvalue weighted by Gasteiger charge is -2.17. The molecule has 0 bridgehead atoms. The topological polar surface area (TPSA) is 90.5 Å². The van der Waals surface area contributed by atoms with Gasteiger partial charge in [-0.15, -0.1) is 0 Å². The molecule has 2 aromatic carbocycles. The maximum Gasteiger partial charge on any atom is 0.272 e. The van der Waals surface area contributed by atoms with Crippen molar-refractivity contribution in [2.45, 2.75) is 27.0 Å². The summed E-state index contributed by atoms with van der Waals surface area (Å²) >= 11 is 0. The number of nitro benzene ring substituents is 1. The predicted molar refractivity (Wildman–Crippen MR) is 112 cm³/mol. The van der Waals surface area contributed by atoms with Gasteiger partial charge in [-0.05, 0) is 43.7 Å². The summed E-state index contributed by atoms with van der Waals surface area (Å²) in [6.07, 6.45) is 1.77. The number of hydrogen-bond donors (Lipinski definition) is 0. The molecule has 1 amide bonds. The number of amides is 1. The number of hydrogen-bond acceptors (Lipinski definition) is 5. The van der Waals surface area contributed by atoms with Gasteiger partial charge in [0.25, 0.3) is 11.6 Å².